The van der Waals surface area contributed by atoms with Crippen molar-refractivity contribution in [1.29, 1.82) is 0 Å². The molecule has 0 unspecified atom stereocenters. The van der Waals surface area contributed by atoms with E-state index in [4.69, 9.17) is 9.47 Å². The molecule has 0 bridgehead atoms. The molecule has 39 heavy (non-hydrogen) atoms. The summed E-state index contributed by atoms with van der Waals surface area (Å²) in [6.45, 7) is 14.2. The fraction of sp³-hybridized carbons (Fsp3) is 0.767. The summed E-state index contributed by atoms with van der Waals surface area (Å²) >= 11 is 0. The van der Waals surface area contributed by atoms with Gasteiger partial charge in [0.2, 0.25) is 6.41 Å². The van der Waals surface area contributed by atoms with E-state index in [1.165, 1.54) is 50.8 Å². The number of hydrogen-bond donors (Lipinski definition) is 3. The van der Waals surface area contributed by atoms with Gasteiger partial charge in [0.1, 0.15) is 0 Å². The number of morpholine rings is 1. The molecule has 2 aliphatic heterocycles. The Hall–Kier alpha value is -2.23. The maximum absolute atomic E-state index is 12.4. The molecular formula is C30H53N5O4. The van der Waals surface area contributed by atoms with Crippen LogP contribution in [0.25, 0.3) is 0 Å². The lowest BCUT2D eigenvalue weighted by Gasteiger charge is -2.35. The lowest BCUT2D eigenvalue weighted by molar-refractivity contribution is -0.121. The SMILES string of the molecule is C1CCNCC1.CC.COC1CC(Nc2cc(C3CC3)cnc2C(=O)NCC(C)C)C1.O=CN1CCOCC1. The van der Waals surface area contributed by atoms with Crippen LogP contribution < -0.4 is 16.0 Å². The summed E-state index contributed by atoms with van der Waals surface area (Å²) in [6, 6.07) is 2.49. The molecule has 0 radical (unpaired) electrons. The Balaban J connectivity index is 0.000000271. The van der Waals surface area contributed by atoms with Crippen LogP contribution in [0.5, 0.6) is 0 Å². The van der Waals surface area contributed by atoms with E-state index in [1.54, 1.807) is 12.0 Å². The first-order valence-electron chi connectivity index (χ1n) is 15.1. The number of carbonyl (C=O) groups excluding carboxylic acids is 2. The second kappa shape index (κ2) is 19.0. The van der Waals surface area contributed by atoms with Crippen LogP contribution in [-0.4, -0.2) is 87.4 Å². The third-order valence-corrected chi connectivity index (χ3v) is 7.03. The van der Waals surface area contributed by atoms with Gasteiger partial charge < -0.3 is 30.3 Å². The number of aromatic nitrogens is 1. The van der Waals surface area contributed by atoms with Crippen LogP contribution in [0.1, 0.15) is 94.6 Å². The van der Waals surface area contributed by atoms with Gasteiger partial charge in [0.25, 0.3) is 5.91 Å². The van der Waals surface area contributed by atoms with Crippen molar-refractivity contribution in [2.75, 3.05) is 58.4 Å². The fourth-order valence-electron chi connectivity index (χ4n) is 4.37. The molecule has 4 aliphatic rings. The molecule has 2 aliphatic carbocycles. The van der Waals surface area contributed by atoms with E-state index < -0.39 is 0 Å². The first-order valence-corrected chi connectivity index (χ1v) is 15.1. The lowest BCUT2D eigenvalue weighted by Crippen LogP contribution is -2.41. The molecule has 3 heterocycles. The van der Waals surface area contributed by atoms with Crippen LogP contribution in [0, 0.1) is 5.92 Å². The topological polar surface area (TPSA) is 105 Å². The van der Waals surface area contributed by atoms with Gasteiger partial charge in [-0.3, -0.25) is 9.59 Å². The first kappa shape index (κ1) is 33.0. The molecule has 3 N–H and O–H groups in total. The van der Waals surface area contributed by atoms with Crippen LogP contribution in [0.4, 0.5) is 5.69 Å². The molecular weight excluding hydrogens is 494 g/mol. The Labute approximate surface area is 236 Å². The number of ether oxygens (including phenoxy) is 2. The maximum Gasteiger partial charge on any atom is 0.272 e. The zero-order chi connectivity index (χ0) is 28.5. The minimum absolute atomic E-state index is 0.0915. The summed E-state index contributed by atoms with van der Waals surface area (Å²) in [4.78, 5) is 28.6. The lowest BCUT2D eigenvalue weighted by atomic mass is 9.89. The average Bonchev–Trinajstić information content (AvgIpc) is 3.82. The largest absolute Gasteiger partial charge is 0.381 e. The molecule has 2 saturated heterocycles. The van der Waals surface area contributed by atoms with Crippen LogP contribution in [0.2, 0.25) is 0 Å². The van der Waals surface area contributed by atoms with Crippen LogP contribution >= 0.6 is 0 Å². The van der Waals surface area contributed by atoms with Gasteiger partial charge in [0.15, 0.2) is 5.69 Å². The van der Waals surface area contributed by atoms with E-state index in [0.29, 0.717) is 49.4 Å². The Morgan fingerprint density at radius 1 is 1.18 bits per heavy atom. The van der Waals surface area contributed by atoms with E-state index in [2.05, 4.69) is 40.8 Å². The average molecular weight is 548 g/mol. The number of nitrogens with zero attached hydrogens (tertiary/aromatic N) is 2. The van der Waals surface area contributed by atoms with Crippen molar-refractivity contribution in [3.63, 3.8) is 0 Å². The molecule has 0 atom stereocenters. The number of piperidine rings is 1. The highest BCUT2D eigenvalue weighted by molar-refractivity contribution is 5.97. The first-order chi connectivity index (χ1) is 19.0. The summed E-state index contributed by atoms with van der Waals surface area (Å²) in [6.07, 6.45) is 11.7. The summed E-state index contributed by atoms with van der Waals surface area (Å²) < 4.78 is 10.3. The van der Waals surface area contributed by atoms with Crippen molar-refractivity contribution >= 4 is 18.0 Å². The van der Waals surface area contributed by atoms with E-state index in [9.17, 15) is 9.59 Å². The van der Waals surface area contributed by atoms with Gasteiger partial charge in [-0.1, -0.05) is 34.1 Å². The van der Waals surface area contributed by atoms with E-state index in [1.807, 2.05) is 20.0 Å². The fourth-order valence-corrected chi connectivity index (χ4v) is 4.37. The minimum atomic E-state index is -0.0915. The second-order valence-electron chi connectivity index (χ2n) is 10.8. The van der Waals surface area contributed by atoms with Crippen molar-refractivity contribution in [2.24, 2.45) is 5.92 Å². The molecule has 0 spiro atoms. The molecule has 9 heteroatoms. The van der Waals surface area contributed by atoms with Gasteiger partial charge in [-0.2, -0.15) is 0 Å². The van der Waals surface area contributed by atoms with Crippen LogP contribution in [0.3, 0.4) is 0 Å². The van der Waals surface area contributed by atoms with Gasteiger partial charge in [-0.25, -0.2) is 4.98 Å². The van der Waals surface area contributed by atoms with Crippen LogP contribution in [0.15, 0.2) is 12.3 Å². The predicted molar refractivity (Wildman–Crippen MR) is 157 cm³/mol. The Morgan fingerprint density at radius 3 is 2.31 bits per heavy atom. The van der Waals surface area contributed by atoms with Gasteiger partial charge in [0, 0.05) is 39.0 Å². The van der Waals surface area contributed by atoms with Crippen molar-refractivity contribution in [1.82, 2.24) is 20.5 Å². The monoisotopic (exact) mass is 547 g/mol. The van der Waals surface area contributed by atoms with Crippen molar-refractivity contribution < 1.29 is 19.1 Å². The number of amides is 2. The summed E-state index contributed by atoms with van der Waals surface area (Å²) in [7, 11) is 1.75. The number of rotatable bonds is 8. The molecule has 4 fully saturated rings. The zero-order valence-electron chi connectivity index (χ0n) is 25.0. The molecule has 5 rings (SSSR count). The number of nitrogens with one attached hydrogen (secondary N) is 3. The number of carbonyl (C=O) groups is 2. The molecule has 0 aromatic carbocycles. The minimum Gasteiger partial charge on any atom is -0.381 e. The Bertz CT molecular complexity index is 806. The third kappa shape index (κ3) is 12.7. The maximum atomic E-state index is 12.4. The van der Waals surface area contributed by atoms with E-state index in [0.717, 1.165) is 38.0 Å². The number of methoxy groups -OCH3 is 1. The highest BCUT2D eigenvalue weighted by atomic mass is 16.5. The molecule has 222 valence electrons. The number of pyridine rings is 1. The second-order valence-corrected chi connectivity index (χ2v) is 10.8. The molecule has 9 nitrogen and oxygen atoms in total. The quantitative estimate of drug-likeness (QED) is 0.419. The normalized spacial score (nSPS) is 21.9. The smallest absolute Gasteiger partial charge is 0.272 e. The van der Waals surface area contributed by atoms with E-state index >= 15 is 0 Å². The number of anilines is 1. The van der Waals surface area contributed by atoms with Gasteiger partial charge >= 0.3 is 0 Å². The highest BCUT2D eigenvalue weighted by Gasteiger charge is 2.31. The van der Waals surface area contributed by atoms with Gasteiger partial charge in [-0.15, -0.1) is 0 Å². The highest BCUT2D eigenvalue weighted by Crippen LogP contribution is 2.41. The van der Waals surface area contributed by atoms with Gasteiger partial charge in [-0.05, 0) is 75.1 Å². The molecule has 1 aromatic heterocycles. The van der Waals surface area contributed by atoms with Crippen molar-refractivity contribution in [3.05, 3.63) is 23.5 Å². The molecule has 2 saturated carbocycles. The number of hydrogen-bond acceptors (Lipinski definition) is 7. The van der Waals surface area contributed by atoms with Crippen LogP contribution in [-0.2, 0) is 14.3 Å². The van der Waals surface area contributed by atoms with E-state index in [-0.39, 0.29) is 5.91 Å². The molecule has 2 amide bonds. The van der Waals surface area contributed by atoms with Crippen molar-refractivity contribution in [2.45, 2.75) is 90.7 Å². The predicted octanol–water partition coefficient (Wildman–Crippen LogP) is 4.20. The van der Waals surface area contributed by atoms with Gasteiger partial charge in [0.05, 0.1) is 25.0 Å². The Kier molecular flexibility index (Phi) is 16.0. The molecule has 1 aromatic rings. The third-order valence-electron chi connectivity index (χ3n) is 7.03. The zero-order valence-corrected chi connectivity index (χ0v) is 25.0. The summed E-state index contributed by atoms with van der Waals surface area (Å²) in [5.74, 6) is 0.963. The summed E-state index contributed by atoms with van der Waals surface area (Å²) in [5, 5.41) is 9.75. The van der Waals surface area contributed by atoms with Crippen molar-refractivity contribution in [3.8, 4) is 0 Å². The summed E-state index contributed by atoms with van der Waals surface area (Å²) in [5.41, 5.74) is 2.63. The Morgan fingerprint density at radius 2 is 1.85 bits per heavy atom. The standard InChI is InChI=1S/C18H27N3O2.C5H9NO2.C5H11N.C2H6/c1-11(2)9-20-18(22)17-16(21-14-7-15(8-14)23-3)6-13(10-19-17)12-4-5-12;7-5-6-1-3-8-4-2-6;1-2-4-6-5-3-1;1-2/h6,10-12,14-15,21H,4-5,7-9H2,1-3H3,(H,20,22);5H,1-4H2;6H,1-5H2;1-2H3.